The molecule has 0 radical (unpaired) electrons. The van der Waals surface area contributed by atoms with Gasteiger partial charge in [0, 0.05) is 22.3 Å². The van der Waals surface area contributed by atoms with E-state index in [1.54, 1.807) is 6.07 Å². The minimum atomic E-state index is -1.29. The average Bonchev–Trinajstić information content (AvgIpc) is 3.24. The first-order valence-electron chi connectivity index (χ1n) is 6.27. The van der Waals surface area contributed by atoms with E-state index in [9.17, 15) is 9.50 Å². The van der Waals surface area contributed by atoms with Crippen molar-refractivity contribution in [3.8, 4) is 0 Å². The lowest BCUT2D eigenvalue weighted by atomic mass is 10.1. The number of thioether (sulfide) groups is 1. The molecule has 0 bridgehead atoms. The standard InChI is InChI=1S/C14H11FO4S/c15-9-2-4-13-11(6-9)17-14(18-19-14)10-5-8(7-16)1-3-12(10)20-13/h1,3,5-6,16H,2,4,7H2. The molecule has 1 aromatic rings. The number of benzene rings is 1. The van der Waals surface area contributed by atoms with Gasteiger partial charge in [0.15, 0.2) is 0 Å². The molecule has 1 fully saturated rings. The number of ether oxygens (including phenoxy) is 1. The van der Waals surface area contributed by atoms with E-state index in [0.717, 1.165) is 15.4 Å². The first-order chi connectivity index (χ1) is 9.70. The van der Waals surface area contributed by atoms with Crippen molar-refractivity contribution in [1.29, 1.82) is 0 Å². The Kier molecular flexibility index (Phi) is 2.68. The number of rotatable bonds is 1. The predicted octanol–water partition coefficient (Wildman–Crippen LogP) is 3.23. The Morgan fingerprint density at radius 1 is 1.30 bits per heavy atom. The second-order valence-electron chi connectivity index (χ2n) is 4.79. The van der Waals surface area contributed by atoms with Gasteiger partial charge in [-0.25, -0.2) is 4.39 Å². The lowest BCUT2D eigenvalue weighted by molar-refractivity contribution is -0.00965. The summed E-state index contributed by atoms with van der Waals surface area (Å²) in [5, 5.41) is 9.24. The van der Waals surface area contributed by atoms with Crippen molar-refractivity contribution in [3.05, 3.63) is 51.9 Å². The molecule has 0 unspecified atom stereocenters. The maximum atomic E-state index is 13.4. The largest absolute Gasteiger partial charge is 0.431 e. The first-order valence-corrected chi connectivity index (χ1v) is 7.09. The predicted molar refractivity (Wildman–Crippen MR) is 68.6 cm³/mol. The summed E-state index contributed by atoms with van der Waals surface area (Å²) < 4.78 is 19.2. The number of aliphatic hydroxyl groups excluding tert-OH is 1. The normalized spacial score (nSPS) is 22.6. The van der Waals surface area contributed by atoms with Crippen LogP contribution in [0, 0.1) is 0 Å². The number of allylic oxidation sites excluding steroid dienone is 3. The van der Waals surface area contributed by atoms with E-state index in [1.807, 2.05) is 12.1 Å². The Balaban J connectivity index is 1.82. The van der Waals surface area contributed by atoms with Crippen LogP contribution in [0.4, 0.5) is 4.39 Å². The third kappa shape index (κ3) is 1.88. The van der Waals surface area contributed by atoms with Crippen molar-refractivity contribution in [2.75, 3.05) is 0 Å². The van der Waals surface area contributed by atoms with Gasteiger partial charge < -0.3 is 9.84 Å². The van der Waals surface area contributed by atoms with Crippen LogP contribution in [0.3, 0.4) is 0 Å². The molecular weight excluding hydrogens is 283 g/mol. The third-order valence-electron chi connectivity index (χ3n) is 3.42. The van der Waals surface area contributed by atoms with Crippen LogP contribution in [0.25, 0.3) is 0 Å². The van der Waals surface area contributed by atoms with Gasteiger partial charge in [0.2, 0.25) is 0 Å². The molecule has 0 amide bonds. The minimum Gasteiger partial charge on any atom is -0.431 e. The molecule has 1 aliphatic carbocycles. The lowest BCUT2D eigenvalue weighted by Crippen LogP contribution is -2.13. The zero-order valence-electron chi connectivity index (χ0n) is 10.4. The lowest BCUT2D eigenvalue weighted by Gasteiger charge is -2.14. The van der Waals surface area contributed by atoms with Crippen molar-refractivity contribution in [2.24, 2.45) is 0 Å². The Morgan fingerprint density at radius 3 is 2.90 bits per heavy atom. The Labute approximate surface area is 118 Å². The van der Waals surface area contributed by atoms with E-state index in [0.29, 0.717) is 24.2 Å². The van der Waals surface area contributed by atoms with Gasteiger partial charge in [0.05, 0.1) is 12.2 Å². The fourth-order valence-corrected chi connectivity index (χ4v) is 3.44. The summed E-state index contributed by atoms with van der Waals surface area (Å²) in [5.74, 6) is -1.04. The minimum absolute atomic E-state index is 0.0737. The van der Waals surface area contributed by atoms with Crippen LogP contribution in [-0.2, 0) is 27.1 Å². The highest BCUT2D eigenvalue weighted by Gasteiger charge is 2.58. The van der Waals surface area contributed by atoms with Gasteiger partial charge in [-0.1, -0.05) is 17.8 Å². The van der Waals surface area contributed by atoms with E-state index in [4.69, 9.17) is 14.5 Å². The van der Waals surface area contributed by atoms with Crippen molar-refractivity contribution < 1.29 is 24.0 Å². The van der Waals surface area contributed by atoms with E-state index >= 15 is 0 Å². The van der Waals surface area contributed by atoms with E-state index < -0.39 is 5.97 Å². The summed E-state index contributed by atoms with van der Waals surface area (Å²) in [4.78, 5) is 11.9. The summed E-state index contributed by atoms with van der Waals surface area (Å²) in [5.41, 5.74) is 1.45. The molecule has 4 rings (SSSR count). The van der Waals surface area contributed by atoms with Crippen molar-refractivity contribution >= 4 is 11.8 Å². The molecule has 4 nitrogen and oxygen atoms in total. The smallest absolute Gasteiger partial charge is 0.411 e. The topological polar surface area (TPSA) is 54.5 Å². The Morgan fingerprint density at radius 2 is 2.15 bits per heavy atom. The van der Waals surface area contributed by atoms with Crippen LogP contribution in [0.2, 0.25) is 0 Å². The van der Waals surface area contributed by atoms with Crippen LogP contribution >= 0.6 is 11.8 Å². The molecule has 1 spiro atoms. The van der Waals surface area contributed by atoms with Gasteiger partial charge in [0.25, 0.3) is 0 Å². The van der Waals surface area contributed by atoms with E-state index in [2.05, 4.69) is 0 Å². The number of hydrogen-bond donors (Lipinski definition) is 1. The molecule has 1 aromatic carbocycles. The summed E-state index contributed by atoms with van der Waals surface area (Å²) in [6.07, 6.45) is 2.37. The van der Waals surface area contributed by atoms with Crippen LogP contribution in [0.5, 0.6) is 0 Å². The summed E-state index contributed by atoms with van der Waals surface area (Å²) in [6.45, 7) is -0.0737. The monoisotopic (exact) mass is 294 g/mol. The molecule has 0 atom stereocenters. The van der Waals surface area contributed by atoms with Crippen LogP contribution < -0.4 is 0 Å². The average molecular weight is 294 g/mol. The molecule has 6 heteroatoms. The molecule has 3 aliphatic rings. The van der Waals surface area contributed by atoms with E-state index in [-0.39, 0.29) is 12.4 Å². The van der Waals surface area contributed by atoms with Crippen LogP contribution in [0.15, 0.2) is 45.7 Å². The fourth-order valence-electron chi connectivity index (χ4n) is 2.34. The second kappa shape index (κ2) is 4.33. The van der Waals surface area contributed by atoms with Gasteiger partial charge in [0.1, 0.15) is 11.6 Å². The second-order valence-corrected chi connectivity index (χ2v) is 5.93. The molecule has 0 saturated carbocycles. The van der Waals surface area contributed by atoms with Gasteiger partial charge in [-0.2, -0.15) is 0 Å². The number of fused-ring (bicyclic) bond motifs is 2. The molecule has 0 aromatic heterocycles. The van der Waals surface area contributed by atoms with Gasteiger partial charge in [-0.05, 0) is 24.1 Å². The highest BCUT2D eigenvalue weighted by molar-refractivity contribution is 8.03. The fraction of sp³-hybridized carbons (Fsp3) is 0.286. The van der Waals surface area contributed by atoms with Crippen LogP contribution in [0.1, 0.15) is 24.0 Å². The molecule has 1 N–H and O–H groups in total. The third-order valence-corrected chi connectivity index (χ3v) is 4.65. The molecule has 2 heterocycles. The number of halogens is 1. The van der Waals surface area contributed by atoms with E-state index in [1.165, 1.54) is 17.8 Å². The Hall–Kier alpha value is -1.34. The maximum Gasteiger partial charge on any atom is 0.411 e. The highest BCUT2D eigenvalue weighted by Crippen LogP contribution is 2.53. The van der Waals surface area contributed by atoms with Crippen molar-refractivity contribution in [1.82, 2.24) is 0 Å². The molecule has 2 aliphatic heterocycles. The molecule has 1 saturated heterocycles. The quantitative estimate of drug-likeness (QED) is 0.636. The molecular formula is C14H11FO4S. The van der Waals surface area contributed by atoms with Gasteiger partial charge in [-0.3, -0.25) is 0 Å². The summed E-state index contributed by atoms with van der Waals surface area (Å²) >= 11 is 1.53. The van der Waals surface area contributed by atoms with Crippen molar-refractivity contribution in [2.45, 2.75) is 30.3 Å². The summed E-state index contributed by atoms with van der Waals surface area (Å²) in [7, 11) is 0. The maximum absolute atomic E-state index is 13.4. The highest BCUT2D eigenvalue weighted by atomic mass is 32.2. The molecule has 104 valence electrons. The first kappa shape index (κ1) is 12.4. The number of hydrogen-bond acceptors (Lipinski definition) is 5. The zero-order valence-corrected chi connectivity index (χ0v) is 11.2. The SMILES string of the molecule is OCc1ccc2c(c1)C1(OO1)OC1=C(CCC(F)=C1)S2. The molecule has 20 heavy (non-hydrogen) atoms. The van der Waals surface area contributed by atoms with Gasteiger partial charge >= 0.3 is 5.97 Å². The Bertz CT molecular complexity index is 649. The number of aliphatic hydroxyl groups is 1. The van der Waals surface area contributed by atoms with Crippen molar-refractivity contribution in [3.63, 3.8) is 0 Å². The van der Waals surface area contributed by atoms with Gasteiger partial charge in [-0.15, -0.1) is 9.78 Å². The van der Waals surface area contributed by atoms with Crippen LogP contribution in [-0.4, -0.2) is 5.11 Å². The summed E-state index contributed by atoms with van der Waals surface area (Å²) in [6, 6.07) is 5.52. The zero-order chi connectivity index (χ0) is 13.7.